The number of nitrogens with zero attached hydrogens (tertiary/aromatic N) is 1. The fourth-order valence-electron chi connectivity index (χ4n) is 4.14. The molecule has 0 atom stereocenters. The van der Waals surface area contributed by atoms with Gasteiger partial charge in [-0.2, -0.15) is 0 Å². The van der Waals surface area contributed by atoms with Crippen molar-refractivity contribution in [3.05, 3.63) is 74.9 Å². The van der Waals surface area contributed by atoms with Crippen molar-refractivity contribution in [2.45, 2.75) is 37.8 Å². The highest BCUT2D eigenvalue weighted by molar-refractivity contribution is 7.99. The Morgan fingerprint density at radius 2 is 1.97 bits per heavy atom. The van der Waals surface area contributed by atoms with Crippen LogP contribution in [0.5, 0.6) is 0 Å². The number of nitrogens with one attached hydrogen (secondary N) is 2. The maximum atomic E-state index is 12.9. The van der Waals surface area contributed by atoms with E-state index in [4.69, 9.17) is 0 Å². The number of carbonyl (C=O) groups is 1. The number of fused-ring (bicyclic) bond motifs is 2. The molecule has 2 aromatic carbocycles. The summed E-state index contributed by atoms with van der Waals surface area (Å²) >= 11 is 2.70. The first-order chi connectivity index (χ1) is 15.6. The number of carbonyl (C=O) groups excluding carboxylic acids is 1. The lowest BCUT2D eigenvalue weighted by Gasteiger charge is -2.16. The van der Waals surface area contributed by atoms with E-state index in [1.54, 1.807) is 0 Å². The first-order valence-corrected chi connectivity index (χ1v) is 12.6. The van der Waals surface area contributed by atoms with Crippen molar-refractivity contribution in [3.8, 4) is 11.1 Å². The number of aromatic amines is 1. The molecule has 5 rings (SSSR count). The van der Waals surface area contributed by atoms with Crippen LogP contribution in [0.1, 0.15) is 29.5 Å². The summed E-state index contributed by atoms with van der Waals surface area (Å²) in [5, 5.41) is 6.00. The molecule has 0 unspecified atom stereocenters. The topological polar surface area (TPSA) is 74.8 Å². The Morgan fingerprint density at radius 3 is 2.81 bits per heavy atom. The monoisotopic (exact) mass is 461 g/mol. The Bertz CT molecular complexity index is 1370. The largest absolute Gasteiger partial charge is 0.325 e. The molecule has 0 spiro atoms. The Balaban J connectivity index is 1.35. The minimum Gasteiger partial charge on any atom is -0.325 e. The van der Waals surface area contributed by atoms with Crippen LogP contribution in [-0.4, -0.2) is 21.6 Å². The van der Waals surface area contributed by atoms with Crippen molar-refractivity contribution in [2.75, 3.05) is 11.1 Å². The molecule has 1 amide bonds. The minimum absolute atomic E-state index is 0.132. The van der Waals surface area contributed by atoms with Crippen LogP contribution < -0.4 is 10.9 Å². The molecule has 0 radical (unpaired) electrons. The first-order valence-electron chi connectivity index (χ1n) is 10.7. The number of hydrogen-bond acceptors (Lipinski definition) is 5. The number of benzene rings is 2. The minimum atomic E-state index is -0.161. The summed E-state index contributed by atoms with van der Waals surface area (Å²) in [6.07, 6.45) is 4.72. The summed E-state index contributed by atoms with van der Waals surface area (Å²) in [7, 11) is 0. The number of aromatic nitrogens is 2. The van der Waals surface area contributed by atoms with Crippen molar-refractivity contribution in [1.82, 2.24) is 9.97 Å². The van der Waals surface area contributed by atoms with Gasteiger partial charge in [0.2, 0.25) is 5.91 Å². The van der Waals surface area contributed by atoms with Gasteiger partial charge in [0, 0.05) is 16.6 Å². The second kappa shape index (κ2) is 8.92. The van der Waals surface area contributed by atoms with Crippen LogP contribution >= 0.6 is 23.1 Å². The Morgan fingerprint density at radius 1 is 1.16 bits per heavy atom. The Hall–Kier alpha value is -2.90. The number of amides is 1. The zero-order valence-electron chi connectivity index (χ0n) is 17.7. The van der Waals surface area contributed by atoms with Gasteiger partial charge in [-0.25, -0.2) is 4.98 Å². The van der Waals surface area contributed by atoms with Crippen molar-refractivity contribution < 1.29 is 4.79 Å². The zero-order chi connectivity index (χ0) is 22.1. The summed E-state index contributed by atoms with van der Waals surface area (Å²) in [6.45, 7) is 1.95. The van der Waals surface area contributed by atoms with Crippen LogP contribution in [0.2, 0.25) is 0 Å². The quantitative estimate of drug-likeness (QED) is 0.301. The van der Waals surface area contributed by atoms with E-state index in [2.05, 4.69) is 33.5 Å². The molecule has 7 heteroatoms. The number of H-pyrrole nitrogens is 1. The van der Waals surface area contributed by atoms with E-state index in [1.807, 2.05) is 36.6 Å². The summed E-state index contributed by atoms with van der Waals surface area (Å²) < 4.78 is 0. The maximum Gasteiger partial charge on any atom is 0.260 e. The van der Waals surface area contributed by atoms with Gasteiger partial charge in [-0.3, -0.25) is 9.59 Å². The molecule has 2 heterocycles. The number of hydrogen-bond donors (Lipinski definition) is 2. The van der Waals surface area contributed by atoms with Crippen molar-refractivity contribution in [3.63, 3.8) is 0 Å². The summed E-state index contributed by atoms with van der Waals surface area (Å²) in [6, 6.07) is 14.2. The fourth-order valence-corrected chi connectivity index (χ4v) is 5.81. The van der Waals surface area contributed by atoms with Crippen molar-refractivity contribution in [2.24, 2.45) is 0 Å². The van der Waals surface area contributed by atoms with Crippen LogP contribution in [0.4, 0.5) is 5.69 Å². The predicted octanol–water partition coefficient (Wildman–Crippen LogP) is 5.57. The molecule has 1 aliphatic carbocycles. The van der Waals surface area contributed by atoms with Gasteiger partial charge in [0.1, 0.15) is 4.83 Å². The lowest BCUT2D eigenvalue weighted by Crippen LogP contribution is -2.16. The Kier molecular flexibility index (Phi) is 5.85. The van der Waals surface area contributed by atoms with E-state index in [0.29, 0.717) is 15.4 Å². The van der Waals surface area contributed by atoms with Gasteiger partial charge in [0.15, 0.2) is 5.16 Å². The second-order valence-corrected chi connectivity index (χ2v) is 9.87. The lowest BCUT2D eigenvalue weighted by molar-refractivity contribution is -0.113. The molecular formula is C25H23N3O2S2. The van der Waals surface area contributed by atoms with E-state index < -0.39 is 0 Å². The number of anilines is 1. The number of para-hydroxylation sites is 1. The van der Waals surface area contributed by atoms with Gasteiger partial charge in [0.25, 0.3) is 5.56 Å². The maximum absolute atomic E-state index is 12.9. The molecule has 162 valence electrons. The van der Waals surface area contributed by atoms with Gasteiger partial charge in [-0.05, 0) is 60.9 Å². The number of aryl methyl sites for hydroxylation is 3. The van der Waals surface area contributed by atoms with Gasteiger partial charge in [-0.15, -0.1) is 11.3 Å². The number of thioether (sulfide) groups is 1. The average molecular weight is 462 g/mol. The van der Waals surface area contributed by atoms with Crippen molar-refractivity contribution >= 4 is 44.9 Å². The van der Waals surface area contributed by atoms with Crippen molar-refractivity contribution in [1.29, 1.82) is 0 Å². The molecule has 5 nitrogen and oxygen atoms in total. The standard InChI is InChI=1S/C25H23N3O2S2/c1-15-6-2-5-9-20(15)26-21(29)14-32-25-27-23(30)22-19(13-31-24(22)28-25)18-11-10-16-7-3-4-8-17(16)12-18/h2,5-6,9-13H,3-4,7-8,14H2,1H3,(H,26,29)(H,27,28,30). The van der Waals surface area contributed by atoms with Gasteiger partial charge >= 0.3 is 0 Å². The predicted molar refractivity (Wildman–Crippen MR) is 133 cm³/mol. The smallest absolute Gasteiger partial charge is 0.260 e. The van der Waals surface area contributed by atoms with Crippen LogP contribution in [0.3, 0.4) is 0 Å². The fraction of sp³-hybridized carbons (Fsp3) is 0.240. The van der Waals surface area contributed by atoms with E-state index in [1.165, 1.54) is 47.1 Å². The number of thiophene rings is 1. The summed E-state index contributed by atoms with van der Waals surface area (Å²) in [4.78, 5) is 33.4. The molecular weight excluding hydrogens is 438 g/mol. The van der Waals surface area contributed by atoms with Gasteiger partial charge < -0.3 is 10.3 Å². The molecule has 0 fully saturated rings. The van der Waals surface area contributed by atoms with E-state index in [9.17, 15) is 9.59 Å². The molecule has 1 aliphatic rings. The third-order valence-electron chi connectivity index (χ3n) is 5.84. The third-order valence-corrected chi connectivity index (χ3v) is 7.59. The second-order valence-electron chi connectivity index (χ2n) is 8.04. The van der Waals surface area contributed by atoms with Crippen LogP contribution in [0.15, 0.2) is 57.8 Å². The number of rotatable bonds is 5. The summed E-state index contributed by atoms with van der Waals surface area (Å²) in [5.41, 5.74) is 6.46. The molecule has 0 aliphatic heterocycles. The molecule has 2 N–H and O–H groups in total. The van der Waals surface area contributed by atoms with Crippen LogP contribution in [0.25, 0.3) is 21.3 Å². The molecule has 0 saturated heterocycles. The first kappa shape index (κ1) is 21.0. The Labute approximate surface area is 194 Å². The SMILES string of the molecule is Cc1ccccc1NC(=O)CSc1nc2scc(-c3ccc4c(c3)CCCC4)c2c(=O)[nH]1. The van der Waals surface area contributed by atoms with Crippen LogP contribution in [0, 0.1) is 6.92 Å². The molecule has 0 saturated carbocycles. The van der Waals surface area contributed by atoms with E-state index in [0.717, 1.165) is 35.2 Å². The highest BCUT2D eigenvalue weighted by atomic mass is 32.2. The van der Waals surface area contributed by atoms with Gasteiger partial charge in [-0.1, -0.05) is 48.2 Å². The van der Waals surface area contributed by atoms with E-state index in [-0.39, 0.29) is 17.2 Å². The lowest BCUT2D eigenvalue weighted by atomic mass is 9.89. The zero-order valence-corrected chi connectivity index (χ0v) is 19.4. The highest BCUT2D eigenvalue weighted by Crippen LogP contribution is 2.34. The normalized spacial score (nSPS) is 13.2. The summed E-state index contributed by atoms with van der Waals surface area (Å²) in [5.74, 6) is 0.0410. The third kappa shape index (κ3) is 4.23. The van der Waals surface area contributed by atoms with E-state index >= 15 is 0 Å². The molecule has 32 heavy (non-hydrogen) atoms. The molecule has 0 bridgehead atoms. The molecule has 4 aromatic rings. The van der Waals surface area contributed by atoms with Crippen LogP contribution in [-0.2, 0) is 17.6 Å². The molecule has 2 aromatic heterocycles. The average Bonchev–Trinajstić information content (AvgIpc) is 3.24. The van der Waals surface area contributed by atoms with Gasteiger partial charge in [0.05, 0.1) is 11.1 Å². The highest BCUT2D eigenvalue weighted by Gasteiger charge is 2.16.